The zero-order chi connectivity index (χ0) is 22.8. The molecule has 0 aliphatic carbocycles. The number of aryl methyl sites for hydroxylation is 1. The predicted molar refractivity (Wildman–Crippen MR) is 113 cm³/mol. The molecule has 3 rings (SSSR count). The largest absolute Gasteiger partial charge is 0.416 e. The van der Waals surface area contributed by atoms with Gasteiger partial charge in [0.15, 0.2) is 5.82 Å². The van der Waals surface area contributed by atoms with Gasteiger partial charge in [-0.1, -0.05) is 35.9 Å². The summed E-state index contributed by atoms with van der Waals surface area (Å²) in [5.74, 6) is 0.0194. The molecule has 0 aliphatic heterocycles. The molecule has 0 radical (unpaired) electrons. The second kappa shape index (κ2) is 8.74. The zero-order valence-electron chi connectivity index (χ0n) is 16.6. The highest BCUT2D eigenvalue weighted by molar-refractivity contribution is 6.32. The Bertz CT molecular complexity index is 1210. The van der Waals surface area contributed by atoms with Crippen molar-refractivity contribution in [2.75, 3.05) is 5.73 Å². The molecule has 0 unspecified atom stereocenters. The smallest absolute Gasteiger partial charge is 0.382 e. The molecule has 158 valence electrons. The van der Waals surface area contributed by atoms with Crippen molar-refractivity contribution in [3.8, 4) is 6.07 Å². The van der Waals surface area contributed by atoms with Crippen LogP contribution in [0.15, 0.2) is 52.7 Å². The molecule has 0 saturated heterocycles. The van der Waals surface area contributed by atoms with Crippen LogP contribution in [-0.4, -0.2) is 4.98 Å². The van der Waals surface area contributed by atoms with Crippen LogP contribution < -0.4 is 5.73 Å². The van der Waals surface area contributed by atoms with E-state index in [-0.39, 0.29) is 29.2 Å². The van der Waals surface area contributed by atoms with E-state index < -0.39 is 11.7 Å². The summed E-state index contributed by atoms with van der Waals surface area (Å²) in [4.78, 5) is 4.23. The summed E-state index contributed by atoms with van der Waals surface area (Å²) >= 11 is 6.13. The molecule has 2 aromatic carbocycles. The van der Waals surface area contributed by atoms with Crippen LogP contribution in [-0.2, 0) is 12.6 Å². The maximum absolute atomic E-state index is 13.0. The molecule has 0 spiro atoms. The number of benzene rings is 2. The molecule has 0 atom stereocenters. The van der Waals surface area contributed by atoms with Gasteiger partial charge in [-0.25, -0.2) is 4.98 Å². The molecule has 3 aromatic rings. The Morgan fingerprint density at radius 3 is 2.55 bits per heavy atom. The van der Waals surface area contributed by atoms with Gasteiger partial charge in [0, 0.05) is 6.42 Å². The highest BCUT2D eigenvalue weighted by Gasteiger charge is 2.30. The van der Waals surface area contributed by atoms with Gasteiger partial charge in [0.05, 0.1) is 21.8 Å². The van der Waals surface area contributed by atoms with Crippen LogP contribution in [0.1, 0.15) is 33.5 Å². The molecule has 0 saturated carbocycles. The summed E-state index contributed by atoms with van der Waals surface area (Å²) in [7, 11) is 0. The lowest BCUT2D eigenvalue weighted by atomic mass is 10.00. The molecule has 1 heterocycles. The minimum atomic E-state index is -4.46. The van der Waals surface area contributed by atoms with Gasteiger partial charge in [0.1, 0.15) is 17.4 Å². The Hall–Kier alpha value is -3.44. The third-order valence-corrected chi connectivity index (χ3v) is 4.93. The van der Waals surface area contributed by atoms with Crippen LogP contribution in [0.25, 0.3) is 0 Å². The lowest BCUT2D eigenvalue weighted by Gasteiger charge is -2.12. The Morgan fingerprint density at radius 2 is 1.87 bits per heavy atom. The van der Waals surface area contributed by atoms with E-state index in [1.807, 2.05) is 19.1 Å². The predicted octanol–water partition coefficient (Wildman–Crippen LogP) is 6.83. The topological polar surface area (TPSA) is 87.4 Å². The molecule has 0 amide bonds. The second-order valence-electron chi connectivity index (χ2n) is 6.93. The Morgan fingerprint density at radius 1 is 1.13 bits per heavy atom. The fourth-order valence-electron chi connectivity index (χ4n) is 3.04. The third kappa shape index (κ3) is 5.01. The molecule has 0 bridgehead atoms. The minimum absolute atomic E-state index is 0.0129. The van der Waals surface area contributed by atoms with Crippen molar-refractivity contribution >= 4 is 28.8 Å². The van der Waals surface area contributed by atoms with E-state index in [1.165, 1.54) is 12.1 Å². The van der Waals surface area contributed by atoms with Gasteiger partial charge in [-0.05, 0) is 48.7 Å². The number of nitrogen functional groups attached to an aromatic ring is 1. The number of nitrogens with zero attached hydrogens (tertiary/aromatic N) is 4. The number of alkyl halides is 3. The van der Waals surface area contributed by atoms with Crippen molar-refractivity contribution in [3.05, 3.63) is 81.0 Å². The first kappa shape index (κ1) is 22.2. The third-order valence-electron chi connectivity index (χ3n) is 4.61. The summed E-state index contributed by atoms with van der Waals surface area (Å²) in [5, 5.41) is 18.3. The number of hydrogen-bond acceptors (Lipinski definition) is 5. The molecule has 2 N–H and O–H groups in total. The number of hydrogen-bond donors (Lipinski definition) is 1. The molecule has 5 nitrogen and oxygen atoms in total. The maximum Gasteiger partial charge on any atom is 0.416 e. The van der Waals surface area contributed by atoms with Crippen molar-refractivity contribution in [1.82, 2.24) is 4.98 Å². The van der Waals surface area contributed by atoms with E-state index in [4.69, 9.17) is 17.3 Å². The van der Waals surface area contributed by atoms with Crippen molar-refractivity contribution in [3.63, 3.8) is 0 Å². The first-order chi connectivity index (χ1) is 14.6. The Kier molecular flexibility index (Phi) is 6.27. The zero-order valence-corrected chi connectivity index (χ0v) is 17.4. The molecule has 0 aliphatic rings. The first-order valence-corrected chi connectivity index (χ1v) is 9.51. The number of halogens is 4. The SMILES string of the molecule is Cc1ccc(Cl)c(N=Nc2c(N)nc(Cc3cccc(C(F)(F)F)c3)c(C#N)c2C)c1. The van der Waals surface area contributed by atoms with Gasteiger partial charge < -0.3 is 5.73 Å². The van der Waals surface area contributed by atoms with Crippen molar-refractivity contribution < 1.29 is 13.2 Å². The minimum Gasteiger partial charge on any atom is -0.382 e. The standard InChI is InChI=1S/C22H17ClF3N5/c1-12-6-7-17(23)19(8-12)30-31-20-13(2)16(11-27)18(29-21(20)28)10-14-4-3-5-15(9-14)22(24,25)26/h3-9H,10H2,1-2H3,(H2,28,29). The number of azo groups is 1. The highest BCUT2D eigenvalue weighted by atomic mass is 35.5. The maximum atomic E-state index is 13.0. The van der Waals surface area contributed by atoms with E-state index in [0.717, 1.165) is 17.7 Å². The Labute approximate surface area is 182 Å². The molecular weight excluding hydrogens is 427 g/mol. The molecule has 1 aromatic heterocycles. The van der Waals surface area contributed by atoms with E-state index in [0.29, 0.717) is 21.8 Å². The van der Waals surface area contributed by atoms with Gasteiger partial charge in [0.25, 0.3) is 0 Å². The average Bonchev–Trinajstić information content (AvgIpc) is 2.70. The fraction of sp³-hybridized carbons (Fsp3) is 0.182. The number of anilines is 1. The first-order valence-electron chi connectivity index (χ1n) is 9.13. The van der Waals surface area contributed by atoms with Crippen LogP contribution >= 0.6 is 11.6 Å². The van der Waals surface area contributed by atoms with Crippen LogP contribution in [0.4, 0.5) is 30.4 Å². The number of aromatic nitrogens is 1. The van der Waals surface area contributed by atoms with Crippen molar-refractivity contribution in [1.29, 1.82) is 5.26 Å². The normalized spacial score (nSPS) is 11.6. The van der Waals surface area contributed by atoms with Gasteiger partial charge in [-0.2, -0.15) is 18.4 Å². The molecule has 0 fully saturated rings. The highest BCUT2D eigenvalue weighted by Crippen LogP contribution is 2.34. The number of pyridine rings is 1. The van der Waals surface area contributed by atoms with E-state index >= 15 is 0 Å². The van der Waals surface area contributed by atoms with Crippen molar-refractivity contribution in [2.45, 2.75) is 26.4 Å². The van der Waals surface area contributed by atoms with Crippen LogP contribution in [0, 0.1) is 25.2 Å². The van der Waals surface area contributed by atoms with Crippen molar-refractivity contribution in [2.24, 2.45) is 10.2 Å². The summed E-state index contributed by atoms with van der Waals surface area (Å²) in [6.45, 7) is 3.52. The number of rotatable bonds is 4. The van der Waals surface area contributed by atoms with Gasteiger partial charge in [-0.3, -0.25) is 0 Å². The second-order valence-corrected chi connectivity index (χ2v) is 7.34. The monoisotopic (exact) mass is 443 g/mol. The lowest BCUT2D eigenvalue weighted by molar-refractivity contribution is -0.137. The van der Waals surface area contributed by atoms with Gasteiger partial charge in [0.2, 0.25) is 0 Å². The van der Waals surface area contributed by atoms with Crippen LogP contribution in [0.3, 0.4) is 0 Å². The Balaban J connectivity index is 2.00. The summed E-state index contributed by atoms with van der Waals surface area (Å²) in [6.07, 6.45) is -4.45. The molecule has 31 heavy (non-hydrogen) atoms. The van der Waals surface area contributed by atoms with E-state index in [1.54, 1.807) is 19.1 Å². The van der Waals surface area contributed by atoms with Crippen LogP contribution in [0.2, 0.25) is 5.02 Å². The lowest BCUT2D eigenvalue weighted by Crippen LogP contribution is -2.07. The summed E-state index contributed by atoms with van der Waals surface area (Å²) in [6, 6.07) is 12.2. The van der Waals surface area contributed by atoms with E-state index in [2.05, 4.69) is 15.2 Å². The van der Waals surface area contributed by atoms with Gasteiger partial charge in [-0.15, -0.1) is 10.2 Å². The fourth-order valence-corrected chi connectivity index (χ4v) is 3.19. The molecule has 9 heteroatoms. The van der Waals surface area contributed by atoms with E-state index in [9.17, 15) is 18.4 Å². The number of nitriles is 1. The van der Waals surface area contributed by atoms with Gasteiger partial charge >= 0.3 is 6.18 Å². The van der Waals surface area contributed by atoms with Crippen LogP contribution in [0.5, 0.6) is 0 Å². The molecular formula is C22H17ClF3N5. The quantitative estimate of drug-likeness (QED) is 0.448. The average molecular weight is 444 g/mol. The summed E-state index contributed by atoms with van der Waals surface area (Å²) < 4.78 is 39.0. The number of nitrogens with two attached hydrogens (primary N) is 1. The summed E-state index contributed by atoms with van der Waals surface area (Å²) in [5.41, 5.74) is 8.11.